The second-order valence-corrected chi connectivity index (χ2v) is 6.69. The van der Waals surface area contributed by atoms with E-state index in [4.69, 9.17) is 0 Å². The average molecular weight is 413 g/mol. The van der Waals surface area contributed by atoms with E-state index in [-0.39, 0.29) is 6.42 Å². The Morgan fingerprint density at radius 1 is 0.941 bits per heavy atom. The third-order valence-electron chi connectivity index (χ3n) is 2.03. The molecule has 2 nitrogen and oxygen atoms in total. The standard InChI is InChI=1S/C8H8O2.C6H5.Hg/c9-8(10)6-7-4-2-1-3-5-7;1-2-4-6-5-3-1;/h1-5H,6H2,(H,9,10);1-5H;/q;;+1/p-1. The minimum atomic E-state index is -1.04. The molecule has 0 amide bonds. The fourth-order valence-corrected chi connectivity index (χ4v) is 2.30. The maximum atomic E-state index is 10.1. The minimum absolute atomic E-state index is 0.000833. The van der Waals surface area contributed by atoms with Crippen LogP contribution in [0.2, 0.25) is 0 Å². The Morgan fingerprint density at radius 2 is 1.41 bits per heavy atom. The van der Waals surface area contributed by atoms with Crippen LogP contribution in [0.1, 0.15) is 5.56 Å². The molecule has 0 aliphatic carbocycles. The molecule has 2 aromatic rings. The normalized spacial score (nSPS) is 9.06. The number of hydrogen-bond donors (Lipinski definition) is 0. The fourth-order valence-electron chi connectivity index (χ4n) is 1.24. The Balaban J connectivity index is 0.000000181. The summed E-state index contributed by atoms with van der Waals surface area (Å²) < 4.78 is 1.52. The molecule has 0 aromatic heterocycles. The van der Waals surface area contributed by atoms with Gasteiger partial charge in [0.25, 0.3) is 0 Å². The van der Waals surface area contributed by atoms with E-state index < -0.39 is 5.97 Å². The second-order valence-electron chi connectivity index (χ2n) is 3.52. The van der Waals surface area contributed by atoms with Gasteiger partial charge < -0.3 is 9.90 Å². The first-order chi connectivity index (χ1) is 8.18. The van der Waals surface area contributed by atoms with Crippen LogP contribution in [0.25, 0.3) is 0 Å². The van der Waals surface area contributed by atoms with Crippen molar-refractivity contribution in [2.24, 2.45) is 0 Å². The molecular weight excluding hydrogens is 401 g/mol. The zero-order valence-electron chi connectivity index (χ0n) is 9.50. The van der Waals surface area contributed by atoms with Gasteiger partial charge in [0.1, 0.15) is 0 Å². The molecule has 0 spiro atoms. The number of benzene rings is 2. The van der Waals surface area contributed by atoms with E-state index in [2.05, 4.69) is 30.3 Å². The molecule has 0 aliphatic rings. The molecular formula is C14H12HgO2. The van der Waals surface area contributed by atoms with Crippen molar-refractivity contribution in [1.82, 2.24) is 0 Å². The predicted octanol–water partition coefficient (Wildman–Crippen LogP) is 0.838. The molecule has 0 unspecified atom stereocenters. The Hall–Kier alpha value is -1.15. The maximum absolute atomic E-state index is 10.1. The van der Waals surface area contributed by atoms with Gasteiger partial charge in [0.05, 0.1) is 0 Å². The van der Waals surface area contributed by atoms with Crippen molar-refractivity contribution in [3.8, 4) is 0 Å². The molecule has 82 valence electrons. The van der Waals surface area contributed by atoms with Crippen molar-refractivity contribution in [2.75, 3.05) is 0 Å². The summed E-state index contributed by atoms with van der Waals surface area (Å²) in [4.78, 5) is 10.1. The van der Waals surface area contributed by atoms with Gasteiger partial charge in [-0.2, -0.15) is 0 Å². The van der Waals surface area contributed by atoms with Gasteiger partial charge in [-0.05, 0) is 5.56 Å². The summed E-state index contributed by atoms with van der Waals surface area (Å²) in [6.45, 7) is 0. The number of carboxylic acid groups (broad SMARTS) is 1. The van der Waals surface area contributed by atoms with Crippen molar-refractivity contribution in [1.29, 1.82) is 0 Å². The second kappa shape index (κ2) is 8.01. The SMILES string of the molecule is O=C([O-])Cc1ccccc1.[Hg+][c]1ccccc1. The molecule has 0 atom stereocenters. The molecule has 0 saturated carbocycles. The topological polar surface area (TPSA) is 40.1 Å². The van der Waals surface area contributed by atoms with E-state index >= 15 is 0 Å². The Labute approximate surface area is 117 Å². The van der Waals surface area contributed by atoms with Crippen molar-refractivity contribution in [2.45, 2.75) is 6.42 Å². The first-order valence-corrected chi connectivity index (χ1v) is 8.04. The quantitative estimate of drug-likeness (QED) is 0.686. The molecule has 0 fully saturated rings. The summed E-state index contributed by atoms with van der Waals surface area (Å²) in [6.07, 6.45) is 0.000833. The Bertz CT molecular complexity index is 440. The number of rotatable bonds is 2. The van der Waals surface area contributed by atoms with Gasteiger partial charge in [-0.1, -0.05) is 30.3 Å². The Morgan fingerprint density at radius 3 is 1.76 bits per heavy atom. The fraction of sp³-hybridized carbons (Fsp3) is 0.0714. The number of carbonyl (C=O) groups excluding carboxylic acids is 1. The van der Waals surface area contributed by atoms with Crippen molar-refractivity contribution >= 4 is 9.04 Å². The van der Waals surface area contributed by atoms with Crippen LogP contribution in [-0.4, -0.2) is 5.97 Å². The summed E-state index contributed by atoms with van der Waals surface area (Å²) in [5, 5.41) is 10.1. The van der Waals surface area contributed by atoms with E-state index in [9.17, 15) is 9.90 Å². The number of aliphatic carboxylic acids is 1. The van der Waals surface area contributed by atoms with E-state index in [0.29, 0.717) is 0 Å². The van der Waals surface area contributed by atoms with Crippen LogP contribution >= 0.6 is 0 Å². The molecule has 0 radical (unpaired) electrons. The third-order valence-corrected chi connectivity index (χ3v) is 3.87. The molecule has 0 N–H and O–H groups in total. The van der Waals surface area contributed by atoms with Crippen LogP contribution in [0.5, 0.6) is 0 Å². The molecule has 0 heterocycles. The van der Waals surface area contributed by atoms with E-state index in [1.165, 1.54) is 3.07 Å². The summed E-state index contributed by atoms with van der Waals surface area (Å²) >= 11 is 0.810. The Kier molecular flexibility index (Phi) is 6.56. The van der Waals surface area contributed by atoms with Crippen molar-refractivity contribution in [3.05, 3.63) is 66.2 Å². The van der Waals surface area contributed by atoms with Crippen LogP contribution < -0.4 is 8.18 Å². The molecule has 0 bridgehead atoms. The van der Waals surface area contributed by atoms with Crippen LogP contribution in [0.15, 0.2) is 60.7 Å². The van der Waals surface area contributed by atoms with Crippen LogP contribution in [0.3, 0.4) is 0 Å². The molecule has 0 saturated heterocycles. The average Bonchev–Trinajstić information content (AvgIpc) is 2.31. The number of hydrogen-bond acceptors (Lipinski definition) is 2. The molecule has 3 heteroatoms. The first kappa shape index (κ1) is 13.9. The summed E-state index contributed by atoms with van der Waals surface area (Å²) in [5.74, 6) is -1.04. The predicted molar refractivity (Wildman–Crippen MR) is 61.2 cm³/mol. The van der Waals surface area contributed by atoms with Crippen LogP contribution in [0.4, 0.5) is 0 Å². The van der Waals surface area contributed by atoms with E-state index in [0.717, 1.165) is 31.7 Å². The van der Waals surface area contributed by atoms with Gasteiger partial charge in [0.15, 0.2) is 0 Å². The molecule has 2 rings (SSSR count). The van der Waals surface area contributed by atoms with Gasteiger partial charge in [-0.3, -0.25) is 0 Å². The number of carboxylic acids is 1. The van der Waals surface area contributed by atoms with E-state index in [1.54, 1.807) is 24.3 Å². The van der Waals surface area contributed by atoms with Crippen LogP contribution in [0, 0.1) is 0 Å². The first-order valence-electron chi connectivity index (χ1n) is 5.29. The summed E-state index contributed by atoms with van der Waals surface area (Å²) in [6, 6.07) is 19.5. The number of carbonyl (C=O) groups is 1. The van der Waals surface area contributed by atoms with Crippen LogP contribution in [-0.2, 0) is 37.3 Å². The van der Waals surface area contributed by atoms with E-state index in [1.807, 2.05) is 6.07 Å². The summed E-state index contributed by atoms with van der Waals surface area (Å²) in [5.41, 5.74) is 0.780. The monoisotopic (exact) mass is 414 g/mol. The van der Waals surface area contributed by atoms with Gasteiger partial charge in [0, 0.05) is 12.4 Å². The molecule has 2 aromatic carbocycles. The summed E-state index contributed by atoms with van der Waals surface area (Å²) in [7, 11) is 0. The zero-order valence-corrected chi connectivity index (χ0v) is 15.0. The van der Waals surface area contributed by atoms with Crippen molar-refractivity contribution in [3.63, 3.8) is 0 Å². The van der Waals surface area contributed by atoms with Gasteiger partial charge in [0.2, 0.25) is 0 Å². The van der Waals surface area contributed by atoms with Gasteiger partial charge >= 0.3 is 59.5 Å². The zero-order chi connectivity index (χ0) is 12.5. The van der Waals surface area contributed by atoms with Gasteiger partial charge in [-0.15, -0.1) is 0 Å². The molecule has 0 aliphatic heterocycles. The van der Waals surface area contributed by atoms with Gasteiger partial charge in [-0.25, -0.2) is 0 Å². The molecule has 17 heavy (non-hydrogen) atoms. The van der Waals surface area contributed by atoms with Crippen molar-refractivity contribution < 1.29 is 36.0 Å². The third kappa shape index (κ3) is 6.90.